The van der Waals surface area contributed by atoms with Crippen molar-refractivity contribution in [2.24, 2.45) is 5.16 Å². The number of hydrogen-bond donors (Lipinski definition) is 1. The van der Waals surface area contributed by atoms with Gasteiger partial charge in [-0.05, 0) is 75.3 Å². The molecule has 29 heavy (non-hydrogen) atoms. The van der Waals surface area contributed by atoms with Crippen molar-refractivity contribution in [3.8, 4) is 0 Å². The number of nitrogens with one attached hydrogen (secondary N) is 1. The fraction of sp³-hybridized carbons (Fsp3) is 0.333. The van der Waals surface area contributed by atoms with Crippen LogP contribution in [0.15, 0.2) is 47.6 Å². The zero-order valence-corrected chi connectivity index (χ0v) is 17.0. The molecule has 0 atom stereocenters. The van der Waals surface area contributed by atoms with Gasteiger partial charge in [0, 0.05) is 11.1 Å². The summed E-state index contributed by atoms with van der Waals surface area (Å²) in [5, 5.41) is 13.4. The summed E-state index contributed by atoms with van der Waals surface area (Å²) in [4.78, 5) is 15.1. The molecule has 4 rings (SSSR count). The lowest BCUT2D eigenvalue weighted by molar-refractivity contribution is 0.141. The molecule has 0 spiro atoms. The predicted molar refractivity (Wildman–Crippen MR) is 117 cm³/mol. The Bertz CT molecular complexity index is 1090. The number of aryl methyl sites for hydroxylation is 2. The molecule has 5 nitrogen and oxygen atoms in total. The summed E-state index contributed by atoms with van der Waals surface area (Å²) in [7, 11) is 0. The Labute approximate surface area is 171 Å². The van der Waals surface area contributed by atoms with Gasteiger partial charge in [-0.1, -0.05) is 29.4 Å². The number of hydrogen-bond acceptors (Lipinski definition) is 5. The van der Waals surface area contributed by atoms with Crippen molar-refractivity contribution in [3.05, 3.63) is 70.7 Å². The molecule has 1 aliphatic carbocycles. The number of pyridine rings is 2. The van der Waals surface area contributed by atoms with Crippen molar-refractivity contribution < 1.29 is 4.84 Å². The normalized spacial score (nSPS) is 14.8. The predicted octanol–water partition coefficient (Wildman–Crippen LogP) is 5.02. The van der Waals surface area contributed by atoms with Gasteiger partial charge in [0.15, 0.2) is 0 Å². The van der Waals surface area contributed by atoms with E-state index in [1.807, 2.05) is 24.3 Å². The molecule has 0 saturated heterocycles. The second-order valence-corrected chi connectivity index (χ2v) is 7.55. The molecule has 1 N–H and O–H groups in total. The molecule has 2 heterocycles. The van der Waals surface area contributed by atoms with Crippen LogP contribution in [0.5, 0.6) is 0 Å². The molecule has 1 aromatic carbocycles. The number of benzene rings is 1. The van der Waals surface area contributed by atoms with Crippen LogP contribution in [0.4, 0.5) is 0 Å². The highest BCUT2D eigenvalue weighted by atomic mass is 16.6. The van der Waals surface area contributed by atoms with Gasteiger partial charge < -0.3 is 10.2 Å². The third-order valence-corrected chi connectivity index (χ3v) is 5.43. The molecule has 0 bridgehead atoms. The quantitative estimate of drug-likeness (QED) is 0.367. The monoisotopic (exact) mass is 386 g/mol. The molecule has 1 aliphatic rings. The van der Waals surface area contributed by atoms with Gasteiger partial charge in [0.25, 0.3) is 0 Å². The van der Waals surface area contributed by atoms with E-state index >= 15 is 0 Å². The van der Waals surface area contributed by atoms with Gasteiger partial charge in [0.2, 0.25) is 0 Å². The van der Waals surface area contributed by atoms with Crippen LogP contribution in [0.3, 0.4) is 0 Å². The van der Waals surface area contributed by atoms with Gasteiger partial charge in [0.1, 0.15) is 12.3 Å². The summed E-state index contributed by atoms with van der Waals surface area (Å²) in [5.41, 5.74) is 7.80. The van der Waals surface area contributed by atoms with Crippen molar-refractivity contribution in [1.82, 2.24) is 9.97 Å². The summed E-state index contributed by atoms with van der Waals surface area (Å²) >= 11 is 0. The molecule has 0 fully saturated rings. The van der Waals surface area contributed by atoms with E-state index in [0.717, 1.165) is 60.4 Å². The zero-order valence-electron chi connectivity index (χ0n) is 17.0. The molecule has 0 saturated carbocycles. The van der Waals surface area contributed by atoms with Gasteiger partial charge in [-0.3, -0.25) is 4.98 Å². The largest absolute Gasteiger partial charge is 0.396 e. The van der Waals surface area contributed by atoms with Crippen LogP contribution in [0.25, 0.3) is 10.9 Å². The summed E-state index contributed by atoms with van der Waals surface area (Å²) in [6.07, 6.45) is 4.67. The lowest BCUT2D eigenvalue weighted by atomic mass is 9.89. The first-order valence-electron chi connectivity index (χ1n) is 10.2. The SMILES string of the molecule is CC(=N)c1cccc(CCCO/N=C2\CCCc3c2nc2ccccc2c3C)n1. The number of nitrogens with zero attached hydrogens (tertiary/aromatic N) is 3. The summed E-state index contributed by atoms with van der Waals surface area (Å²) in [6, 6.07) is 14.1. The Kier molecular flexibility index (Phi) is 5.65. The highest BCUT2D eigenvalue weighted by Gasteiger charge is 2.21. The molecular formula is C24H26N4O. The number of fused-ring (bicyclic) bond motifs is 2. The Balaban J connectivity index is 1.43. The average molecular weight is 386 g/mol. The fourth-order valence-electron chi connectivity index (χ4n) is 3.87. The van der Waals surface area contributed by atoms with Gasteiger partial charge in [0.05, 0.1) is 22.6 Å². The topological polar surface area (TPSA) is 71.2 Å². The number of para-hydroxylation sites is 1. The van der Waals surface area contributed by atoms with Crippen LogP contribution in [0.2, 0.25) is 0 Å². The van der Waals surface area contributed by atoms with E-state index in [9.17, 15) is 0 Å². The number of oxime groups is 1. The average Bonchev–Trinajstić information content (AvgIpc) is 2.74. The van der Waals surface area contributed by atoms with Crippen LogP contribution in [0.1, 0.15) is 54.4 Å². The fourth-order valence-corrected chi connectivity index (χ4v) is 3.87. The highest BCUT2D eigenvalue weighted by molar-refractivity contribution is 6.03. The van der Waals surface area contributed by atoms with Gasteiger partial charge in [-0.25, -0.2) is 4.98 Å². The van der Waals surface area contributed by atoms with Gasteiger partial charge in [-0.15, -0.1) is 0 Å². The Morgan fingerprint density at radius 2 is 1.97 bits per heavy atom. The molecule has 0 unspecified atom stereocenters. The van der Waals surface area contributed by atoms with Gasteiger partial charge in [-0.2, -0.15) is 0 Å². The molecule has 3 aromatic rings. The maximum absolute atomic E-state index is 7.70. The second kappa shape index (κ2) is 8.52. The standard InChI is InChI=1S/C24H26N4O/c1-16-19-10-3-4-12-22(19)27-24-20(16)11-6-14-23(24)28-29-15-7-9-18-8-5-13-21(26-18)17(2)25/h3-5,8,10,12-13,25H,6-7,9,11,14-15H2,1-2H3/b25-17?,28-23+. The first kappa shape index (κ1) is 19.2. The van der Waals surface area contributed by atoms with E-state index in [-0.39, 0.29) is 0 Å². The Morgan fingerprint density at radius 3 is 2.83 bits per heavy atom. The molecule has 5 heteroatoms. The minimum Gasteiger partial charge on any atom is -0.396 e. The zero-order chi connectivity index (χ0) is 20.2. The molecule has 148 valence electrons. The maximum atomic E-state index is 7.70. The molecule has 2 aromatic heterocycles. The Hall–Kier alpha value is -3.08. The smallest absolute Gasteiger partial charge is 0.117 e. The van der Waals surface area contributed by atoms with Crippen molar-refractivity contribution in [3.63, 3.8) is 0 Å². The van der Waals surface area contributed by atoms with Crippen LogP contribution in [0, 0.1) is 12.3 Å². The van der Waals surface area contributed by atoms with Crippen LogP contribution in [-0.2, 0) is 17.7 Å². The molecular weight excluding hydrogens is 360 g/mol. The lowest BCUT2D eigenvalue weighted by Gasteiger charge is -2.20. The number of aromatic nitrogens is 2. The van der Waals surface area contributed by atoms with E-state index in [4.69, 9.17) is 15.2 Å². The van der Waals surface area contributed by atoms with Crippen LogP contribution < -0.4 is 0 Å². The molecule has 0 aliphatic heterocycles. The van der Waals surface area contributed by atoms with Crippen molar-refractivity contribution in [2.45, 2.75) is 46.0 Å². The van der Waals surface area contributed by atoms with E-state index in [1.165, 1.54) is 16.5 Å². The van der Waals surface area contributed by atoms with Gasteiger partial charge >= 0.3 is 0 Å². The third kappa shape index (κ3) is 4.19. The Morgan fingerprint density at radius 1 is 1.10 bits per heavy atom. The number of rotatable bonds is 6. The van der Waals surface area contributed by atoms with Crippen LogP contribution in [-0.4, -0.2) is 28.0 Å². The second-order valence-electron chi connectivity index (χ2n) is 7.55. The third-order valence-electron chi connectivity index (χ3n) is 5.43. The van der Waals surface area contributed by atoms with Crippen molar-refractivity contribution >= 4 is 22.3 Å². The summed E-state index contributed by atoms with van der Waals surface area (Å²) in [5.74, 6) is 0. The van der Waals surface area contributed by atoms with E-state index in [1.54, 1.807) is 6.92 Å². The van der Waals surface area contributed by atoms with Crippen molar-refractivity contribution in [1.29, 1.82) is 5.41 Å². The summed E-state index contributed by atoms with van der Waals surface area (Å²) in [6.45, 7) is 4.48. The van der Waals surface area contributed by atoms with E-state index < -0.39 is 0 Å². The highest BCUT2D eigenvalue weighted by Crippen LogP contribution is 2.28. The first-order valence-corrected chi connectivity index (χ1v) is 10.2. The summed E-state index contributed by atoms with van der Waals surface area (Å²) < 4.78 is 0. The minimum absolute atomic E-state index is 0.487. The lowest BCUT2D eigenvalue weighted by Crippen LogP contribution is -2.16. The van der Waals surface area contributed by atoms with Crippen LogP contribution >= 0.6 is 0 Å². The van der Waals surface area contributed by atoms with Crippen molar-refractivity contribution in [2.75, 3.05) is 6.61 Å². The molecule has 0 radical (unpaired) electrons. The molecule has 0 amide bonds. The maximum Gasteiger partial charge on any atom is 0.117 e. The minimum atomic E-state index is 0.487. The van der Waals surface area contributed by atoms with E-state index in [2.05, 4.69) is 35.3 Å². The first-order chi connectivity index (χ1) is 14.1. The van der Waals surface area contributed by atoms with E-state index in [0.29, 0.717) is 12.3 Å².